The summed E-state index contributed by atoms with van der Waals surface area (Å²) in [6, 6.07) is 8.17. The SMILES string of the molecule is CCCNc1ncccc1COc1cc(F)ccc1Br. The predicted molar refractivity (Wildman–Crippen MR) is 81.4 cm³/mol. The standard InChI is InChI=1S/C15H16BrFN2O/c1-2-7-18-15-11(4-3-8-19-15)10-20-14-9-12(17)5-6-13(14)16/h3-6,8-9H,2,7,10H2,1H3,(H,18,19). The van der Waals surface area contributed by atoms with Gasteiger partial charge in [0.1, 0.15) is 24.0 Å². The topological polar surface area (TPSA) is 34.2 Å². The molecule has 0 aliphatic rings. The van der Waals surface area contributed by atoms with E-state index in [1.807, 2.05) is 12.1 Å². The van der Waals surface area contributed by atoms with E-state index in [-0.39, 0.29) is 5.82 Å². The van der Waals surface area contributed by atoms with Crippen LogP contribution in [0, 0.1) is 5.82 Å². The fraction of sp³-hybridized carbons (Fsp3) is 0.267. The maximum Gasteiger partial charge on any atom is 0.136 e. The van der Waals surface area contributed by atoms with Crippen molar-refractivity contribution in [3.05, 3.63) is 52.4 Å². The van der Waals surface area contributed by atoms with Gasteiger partial charge in [0, 0.05) is 24.4 Å². The zero-order chi connectivity index (χ0) is 14.4. The number of nitrogens with one attached hydrogen (secondary N) is 1. The lowest BCUT2D eigenvalue weighted by Crippen LogP contribution is -2.07. The molecule has 5 heteroatoms. The molecule has 106 valence electrons. The Hall–Kier alpha value is -1.62. The minimum absolute atomic E-state index is 0.321. The minimum atomic E-state index is -0.321. The molecule has 0 fully saturated rings. The fourth-order valence-corrected chi connectivity index (χ4v) is 2.06. The number of nitrogens with zero attached hydrogens (tertiary/aromatic N) is 1. The van der Waals surface area contributed by atoms with E-state index >= 15 is 0 Å². The first kappa shape index (κ1) is 14.8. The number of anilines is 1. The average molecular weight is 339 g/mol. The Morgan fingerprint density at radius 2 is 2.20 bits per heavy atom. The lowest BCUT2D eigenvalue weighted by molar-refractivity contribution is 0.303. The zero-order valence-corrected chi connectivity index (χ0v) is 12.8. The largest absolute Gasteiger partial charge is 0.487 e. The van der Waals surface area contributed by atoms with Crippen LogP contribution in [-0.4, -0.2) is 11.5 Å². The molecule has 1 aromatic heterocycles. The van der Waals surface area contributed by atoms with Gasteiger partial charge in [0.05, 0.1) is 4.47 Å². The molecule has 0 atom stereocenters. The van der Waals surface area contributed by atoms with Gasteiger partial charge >= 0.3 is 0 Å². The van der Waals surface area contributed by atoms with E-state index in [2.05, 4.69) is 33.2 Å². The van der Waals surface area contributed by atoms with Crippen LogP contribution < -0.4 is 10.1 Å². The average Bonchev–Trinajstić information content (AvgIpc) is 2.47. The Morgan fingerprint density at radius 1 is 1.35 bits per heavy atom. The molecule has 0 amide bonds. The van der Waals surface area contributed by atoms with Crippen molar-refractivity contribution in [1.29, 1.82) is 0 Å². The zero-order valence-electron chi connectivity index (χ0n) is 11.2. The van der Waals surface area contributed by atoms with Crippen LogP contribution >= 0.6 is 15.9 Å². The van der Waals surface area contributed by atoms with Gasteiger partial charge in [-0.25, -0.2) is 9.37 Å². The predicted octanol–water partition coefficient (Wildman–Crippen LogP) is 4.38. The van der Waals surface area contributed by atoms with Crippen LogP contribution in [0.2, 0.25) is 0 Å². The number of rotatable bonds is 6. The number of benzene rings is 1. The number of ether oxygens (including phenoxy) is 1. The van der Waals surface area contributed by atoms with Crippen molar-refractivity contribution in [3.63, 3.8) is 0 Å². The highest BCUT2D eigenvalue weighted by atomic mass is 79.9. The van der Waals surface area contributed by atoms with E-state index in [4.69, 9.17) is 4.74 Å². The molecular weight excluding hydrogens is 323 g/mol. The molecule has 0 saturated heterocycles. The molecule has 1 heterocycles. The van der Waals surface area contributed by atoms with Gasteiger partial charge in [-0.05, 0) is 40.5 Å². The molecule has 0 saturated carbocycles. The van der Waals surface area contributed by atoms with Crippen LogP contribution in [0.1, 0.15) is 18.9 Å². The Bertz CT molecular complexity index is 578. The number of hydrogen-bond donors (Lipinski definition) is 1. The third kappa shape index (κ3) is 3.93. The van der Waals surface area contributed by atoms with Gasteiger partial charge in [-0.15, -0.1) is 0 Å². The van der Waals surface area contributed by atoms with E-state index in [9.17, 15) is 4.39 Å². The van der Waals surface area contributed by atoms with Gasteiger partial charge in [0.25, 0.3) is 0 Å². The highest BCUT2D eigenvalue weighted by Crippen LogP contribution is 2.27. The van der Waals surface area contributed by atoms with E-state index < -0.39 is 0 Å². The van der Waals surface area contributed by atoms with Crippen molar-refractivity contribution in [2.24, 2.45) is 0 Å². The molecule has 0 aliphatic heterocycles. The molecule has 0 bridgehead atoms. The summed E-state index contributed by atoms with van der Waals surface area (Å²) < 4.78 is 19.6. The molecule has 0 spiro atoms. The van der Waals surface area contributed by atoms with Gasteiger partial charge in [-0.1, -0.05) is 13.0 Å². The maximum absolute atomic E-state index is 13.2. The summed E-state index contributed by atoms with van der Waals surface area (Å²) in [6.07, 6.45) is 2.76. The first-order valence-electron chi connectivity index (χ1n) is 6.46. The highest BCUT2D eigenvalue weighted by molar-refractivity contribution is 9.10. The first-order chi connectivity index (χ1) is 9.70. The van der Waals surface area contributed by atoms with E-state index in [0.29, 0.717) is 12.4 Å². The van der Waals surface area contributed by atoms with E-state index in [0.717, 1.165) is 28.8 Å². The van der Waals surface area contributed by atoms with Crippen LogP contribution in [0.3, 0.4) is 0 Å². The molecule has 1 aromatic carbocycles. The molecule has 2 aromatic rings. The molecule has 0 aliphatic carbocycles. The second-order valence-electron chi connectivity index (χ2n) is 4.30. The van der Waals surface area contributed by atoms with Gasteiger partial charge in [-0.2, -0.15) is 0 Å². The van der Waals surface area contributed by atoms with Gasteiger partial charge < -0.3 is 10.1 Å². The van der Waals surface area contributed by atoms with Crippen LogP contribution in [0.15, 0.2) is 41.0 Å². The van der Waals surface area contributed by atoms with Gasteiger partial charge in [0.15, 0.2) is 0 Å². The van der Waals surface area contributed by atoms with E-state index in [1.165, 1.54) is 12.1 Å². The Labute approximate surface area is 126 Å². The third-order valence-corrected chi connectivity index (χ3v) is 3.37. The normalized spacial score (nSPS) is 10.3. The van der Waals surface area contributed by atoms with Crippen molar-refractivity contribution < 1.29 is 9.13 Å². The van der Waals surface area contributed by atoms with Crippen LogP contribution in [0.5, 0.6) is 5.75 Å². The highest BCUT2D eigenvalue weighted by Gasteiger charge is 2.06. The van der Waals surface area contributed by atoms with Gasteiger partial charge in [-0.3, -0.25) is 0 Å². The molecule has 0 radical (unpaired) electrons. The smallest absolute Gasteiger partial charge is 0.136 e. The number of pyridine rings is 1. The number of hydrogen-bond acceptors (Lipinski definition) is 3. The second kappa shape index (κ2) is 7.24. The monoisotopic (exact) mass is 338 g/mol. The molecule has 3 nitrogen and oxygen atoms in total. The molecular formula is C15H16BrFN2O. The Balaban J connectivity index is 2.08. The van der Waals surface area contributed by atoms with E-state index in [1.54, 1.807) is 12.3 Å². The second-order valence-corrected chi connectivity index (χ2v) is 5.16. The third-order valence-electron chi connectivity index (χ3n) is 2.71. The lowest BCUT2D eigenvalue weighted by Gasteiger charge is -2.12. The number of halogens is 2. The van der Waals surface area contributed by atoms with Crippen molar-refractivity contribution in [1.82, 2.24) is 4.98 Å². The maximum atomic E-state index is 13.2. The Morgan fingerprint density at radius 3 is 3.00 bits per heavy atom. The fourth-order valence-electron chi connectivity index (χ4n) is 1.70. The van der Waals surface area contributed by atoms with Crippen LogP contribution in [-0.2, 0) is 6.61 Å². The van der Waals surface area contributed by atoms with Crippen molar-refractivity contribution in [2.75, 3.05) is 11.9 Å². The lowest BCUT2D eigenvalue weighted by atomic mass is 10.2. The first-order valence-corrected chi connectivity index (χ1v) is 7.25. The molecule has 2 rings (SSSR count). The van der Waals surface area contributed by atoms with Crippen LogP contribution in [0.25, 0.3) is 0 Å². The molecule has 20 heavy (non-hydrogen) atoms. The summed E-state index contributed by atoms with van der Waals surface area (Å²) in [6.45, 7) is 3.28. The summed E-state index contributed by atoms with van der Waals surface area (Å²) in [5.41, 5.74) is 0.942. The summed E-state index contributed by atoms with van der Waals surface area (Å²) >= 11 is 3.34. The van der Waals surface area contributed by atoms with Crippen molar-refractivity contribution >= 4 is 21.7 Å². The van der Waals surface area contributed by atoms with Crippen molar-refractivity contribution in [3.8, 4) is 5.75 Å². The molecule has 1 N–H and O–H groups in total. The summed E-state index contributed by atoms with van der Waals surface area (Å²) in [5, 5.41) is 3.25. The van der Waals surface area contributed by atoms with Crippen molar-refractivity contribution in [2.45, 2.75) is 20.0 Å². The van der Waals surface area contributed by atoms with Crippen LogP contribution in [0.4, 0.5) is 10.2 Å². The summed E-state index contributed by atoms with van der Waals surface area (Å²) in [7, 11) is 0. The van der Waals surface area contributed by atoms with Gasteiger partial charge in [0.2, 0.25) is 0 Å². The number of aromatic nitrogens is 1. The quantitative estimate of drug-likeness (QED) is 0.848. The molecule has 0 unspecified atom stereocenters. The Kier molecular flexibility index (Phi) is 5.35. The minimum Gasteiger partial charge on any atom is -0.487 e. The summed E-state index contributed by atoms with van der Waals surface area (Å²) in [5.74, 6) is 0.968. The summed E-state index contributed by atoms with van der Waals surface area (Å²) in [4.78, 5) is 4.29.